The van der Waals surface area contributed by atoms with Crippen LogP contribution in [0.15, 0.2) is 83.8 Å². The number of aromatic nitrogens is 1. The molecule has 6 nitrogen and oxygen atoms in total. The normalized spacial score (nSPS) is 16.2. The van der Waals surface area contributed by atoms with Gasteiger partial charge in [0, 0.05) is 29.1 Å². The van der Waals surface area contributed by atoms with E-state index in [1.54, 1.807) is 16.4 Å². The van der Waals surface area contributed by atoms with Crippen LogP contribution in [-0.4, -0.2) is 36.7 Å². The first-order chi connectivity index (χ1) is 18.8. The van der Waals surface area contributed by atoms with Crippen molar-refractivity contribution in [3.8, 4) is 22.4 Å². The van der Waals surface area contributed by atoms with Gasteiger partial charge in [-0.2, -0.15) is 4.31 Å². The van der Waals surface area contributed by atoms with Crippen LogP contribution in [0.4, 0.5) is 5.13 Å². The van der Waals surface area contributed by atoms with Gasteiger partial charge in [-0.05, 0) is 60.6 Å². The highest BCUT2D eigenvalue weighted by molar-refractivity contribution is 7.89. The Kier molecular flexibility index (Phi) is 8.26. The molecule has 1 aliphatic heterocycles. The molecule has 3 aromatic carbocycles. The molecule has 0 radical (unpaired) electrons. The lowest BCUT2D eigenvalue weighted by molar-refractivity contribution is 0.102. The standard InChI is InChI=1S/C31H33N3O3S2/c1-3-8-28-29(25-14-12-24(13-15-25)23-10-5-4-6-11-23)32-31(38-28)33-30(35)26-16-18-27(19-17-26)39(36,37)34-20-7-9-22(2)21-34/h4-6,10-19,22H,3,7-9,20-21H2,1-2H3,(H,32,33,35). The van der Waals surface area contributed by atoms with Crippen LogP contribution in [0.25, 0.3) is 22.4 Å². The Hall–Kier alpha value is -3.33. The number of anilines is 1. The average Bonchev–Trinajstić information content (AvgIpc) is 3.36. The van der Waals surface area contributed by atoms with E-state index in [9.17, 15) is 13.2 Å². The van der Waals surface area contributed by atoms with Gasteiger partial charge in [0.25, 0.3) is 5.91 Å². The molecule has 1 aromatic heterocycles. The molecule has 1 aliphatic rings. The van der Waals surface area contributed by atoms with Crippen molar-refractivity contribution in [3.05, 3.63) is 89.3 Å². The first kappa shape index (κ1) is 27.2. The minimum atomic E-state index is -3.57. The zero-order valence-corrected chi connectivity index (χ0v) is 23.9. The number of carbonyl (C=O) groups excluding carboxylic acids is 1. The molecule has 2 heterocycles. The van der Waals surface area contributed by atoms with E-state index >= 15 is 0 Å². The zero-order valence-electron chi connectivity index (χ0n) is 22.3. The largest absolute Gasteiger partial charge is 0.298 e. The number of carbonyl (C=O) groups is 1. The molecule has 202 valence electrons. The minimum absolute atomic E-state index is 0.217. The number of benzene rings is 3. The van der Waals surface area contributed by atoms with Crippen molar-refractivity contribution in [2.75, 3.05) is 18.4 Å². The fourth-order valence-corrected chi connectivity index (χ4v) is 7.62. The van der Waals surface area contributed by atoms with Gasteiger partial charge < -0.3 is 0 Å². The number of hydrogen-bond donors (Lipinski definition) is 1. The van der Waals surface area contributed by atoms with Crippen molar-refractivity contribution in [3.63, 3.8) is 0 Å². The van der Waals surface area contributed by atoms with Crippen LogP contribution in [0, 0.1) is 5.92 Å². The predicted molar refractivity (Wildman–Crippen MR) is 159 cm³/mol. The van der Waals surface area contributed by atoms with Crippen molar-refractivity contribution in [2.24, 2.45) is 5.92 Å². The third kappa shape index (κ3) is 6.13. The second-order valence-electron chi connectivity index (χ2n) is 10.1. The summed E-state index contributed by atoms with van der Waals surface area (Å²) in [5.74, 6) is 0.0366. The van der Waals surface area contributed by atoms with Crippen molar-refractivity contribution < 1.29 is 13.2 Å². The molecule has 1 unspecified atom stereocenters. The van der Waals surface area contributed by atoms with Crippen LogP contribution >= 0.6 is 11.3 Å². The lowest BCUT2D eigenvalue weighted by Crippen LogP contribution is -2.39. The maximum Gasteiger partial charge on any atom is 0.257 e. The van der Waals surface area contributed by atoms with E-state index < -0.39 is 10.0 Å². The second kappa shape index (κ2) is 11.8. The predicted octanol–water partition coefficient (Wildman–Crippen LogP) is 7.10. The van der Waals surface area contributed by atoms with E-state index in [1.165, 1.54) is 23.5 Å². The minimum Gasteiger partial charge on any atom is -0.298 e. The summed E-state index contributed by atoms with van der Waals surface area (Å²) in [6.07, 6.45) is 3.75. The lowest BCUT2D eigenvalue weighted by Gasteiger charge is -2.30. The van der Waals surface area contributed by atoms with Crippen molar-refractivity contribution in [1.29, 1.82) is 0 Å². The SMILES string of the molecule is CCCc1sc(NC(=O)c2ccc(S(=O)(=O)N3CCCC(C)C3)cc2)nc1-c1ccc(-c2ccccc2)cc1. The maximum absolute atomic E-state index is 13.1. The molecule has 1 amide bonds. The Morgan fingerprint density at radius 2 is 1.64 bits per heavy atom. The molecule has 1 N–H and O–H groups in total. The maximum atomic E-state index is 13.1. The van der Waals surface area contributed by atoms with Crippen LogP contribution in [-0.2, 0) is 16.4 Å². The Bertz CT molecular complexity index is 1530. The van der Waals surface area contributed by atoms with Crippen molar-refractivity contribution in [2.45, 2.75) is 44.4 Å². The molecule has 0 saturated carbocycles. The van der Waals surface area contributed by atoms with Crippen LogP contribution < -0.4 is 5.32 Å². The molecule has 8 heteroatoms. The van der Waals surface area contributed by atoms with Gasteiger partial charge in [0.2, 0.25) is 10.0 Å². The number of piperidine rings is 1. The average molecular weight is 560 g/mol. The molecule has 1 saturated heterocycles. The highest BCUT2D eigenvalue weighted by Crippen LogP contribution is 2.34. The van der Waals surface area contributed by atoms with E-state index in [1.807, 2.05) is 18.2 Å². The summed E-state index contributed by atoms with van der Waals surface area (Å²) < 4.78 is 27.7. The summed E-state index contributed by atoms with van der Waals surface area (Å²) in [5.41, 5.74) is 4.58. The van der Waals surface area contributed by atoms with Gasteiger partial charge in [0.1, 0.15) is 0 Å². The van der Waals surface area contributed by atoms with Crippen LogP contribution in [0.2, 0.25) is 0 Å². The molecule has 1 atom stereocenters. The molecule has 39 heavy (non-hydrogen) atoms. The first-order valence-corrected chi connectivity index (χ1v) is 15.7. The Labute approximate surface area is 234 Å². The van der Waals surface area contributed by atoms with Gasteiger partial charge in [-0.3, -0.25) is 10.1 Å². The summed E-state index contributed by atoms with van der Waals surface area (Å²) in [7, 11) is -3.57. The molecule has 4 aromatic rings. The summed E-state index contributed by atoms with van der Waals surface area (Å²) in [5, 5.41) is 3.45. The summed E-state index contributed by atoms with van der Waals surface area (Å²) in [4.78, 5) is 19.1. The van der Waals surface area contributed by atoms with E-state index in [-0.39, 0.29) is 10.8 Å². The van der Waals surface area contributed by atoms with Gasteiger partial charge in [0.15, 0.2) is 5.13 Å². The summed E-state index contributed by atoms with van der Waals surface area (Å²) in [6, 6.07) is 24.8. The number of thiazole rings is 1. The van der Waals surface area contributed by atoms with E-state index in [0.717, 1.165) is 52.9 Å². The molecule has 0 bridgehead atoms. The molecule has 1 fully saturated rings. The highest BCUT2D eigenvalue weighted by atomic mass is 32.2. The molecule has 0 aliphatic carbocycles. The van der Waals surface area contributed by atoms with E-state index in [2.05, 4.69) is 55.6 Å². The number of nitrogens with zero attached hydrogens (tertiary/aromatic N) is 2. The topological polar surface area (TPSA) is 79.4 Å². The highest BCUT2D eigenvalue weighted by Gasteiger charge is 2.28. The van der Waals surface area contributed by atoms with Gasteiger partial charge in [-0.15, -0.1) is 11.3 Å². The van der Waals surface area contributed by atoms with Crippen LogP contribution in [0.3, 0.4) is 0 Å². The third-order valence-electron chi connectivity index (χ3n) is 7.03. The number of aryl methyl sites for hydroxylation is 1. The number of nitrogens with one attached hydrogen (secondary N) is 1. The van der Waals surface area contributed by atoms with Gasteiger partial charge in [-0.25, -0.2) is 13.4 Å². The molecule has 5 rings (SSSR count). The monoisotopic (exact) mass is 559 g/mol. The first-order valence-electron chi connectivity index (χ1n) is 13.4. The Morgan fingerprint density at radius 1 is 0.974 bits per heavy atom. The number of hydrogen-bond acceptors (Lipinski definition) is 5. The van der Waals surface area contributed by atoms with Crippen LogP contribution in [0.5, 0.6) is 0 Å². The molecular weight excluding hydrogens is 526 g/mol. The van der Waals surface area contributed by atoms with Gasteiger partial charge >= 0.3 is 0 Å². The van der Waals surface area contributed by atoms with Gasteiger partial charge in [-0.1, -0.05) is 74.9 Å². The Morgan fingerprint density at radius 3 is 2.31 bits per heavy atom. The second-order valence-corrected chi connectivity index (χ2v) is 13.1. The van der Waals surface area contributed by atoms with Crippen molar-refractivity contribution >= 4 is 32.4 Å². The zero-order chi connectivity index (χ0) is 27.4. The smallest absolute Gasteiger partial charge is 0.257 e. The Balaban J connectivity index is 1.32. The van der Waals surface area contributed by atoms with Gasteiger partial charge in [0.05, 0.1) is 10.6 Å². The van der Waals surface area contributed by atoms with Crippen molar-refractivity contribution in [1.82, 2.24) is 9.29 Å². The summed E-state index contributed by atoms with van der Waals surface area (Å²) >= 11 is 1.48. The fourth-order valence-electron chi connectivity index (χ4n) is 4.94. The fraction of sp³-hybridized carbons (Fsp3) is 0.290. The third-order valence-corrected chi connectivity index (χ3v) is 9.94. The number of sulfonamides is 1. The lowest BCUT2D eigenvalue weighted by atomic mass is 10.0. The quantitative estimate of drug-likeness (QED) is 0.250. The van der Waals surface area contributed by atoms with Crippen LogP contribution in [0.1, 0.15) is 48.3 Å². The summed E-state index contributed by atoms with van der Waals surface area (Å²) in [6.45, 7) is 5.27. The number of amides is 1. The molecular formula is C31H33N3O3S2. The molecule has 0 spiro atoms. The van der Waals surface area contributed by atoms with E-state index in [4.69, 9.17) is 4.98 Å². The van der Waals surface area contributed by atoms with E-state index in [0.29, 0.717) is 29.7 Å². The number of rotatable bonds is 8.